The van der Waals surface area contributed by atoms with Gasteiger partial charge in [0, 0.05) is 17.0 Å². The summed E-state index contributed by atoms with van der Waals surface area (Å²) in [6.07, 6.45) is -1.17. The second-order valence-electron chi connectivity index (χ2n) is 5.60. The van der Waals surface area contributed by atoms with Crippen molar-refractivity contribution >= 4 is 28.3 Å². The maximum Gasteiger partial charge on any atom is 0.339 e. The quantitative estimate of drug-likeness (QED) is 0.663. The van der Waals surface area contributed by atoms with E-state index in [2.05, 4.69) is 10.3 Å². The number of esters is 1. The van der Waals surface area contributed by atoms with Gasteiger partial charge in [0.05, 0.1) is 11.3 Å². The molecule has 0 bridgehead atoms. The number of nitrogens with zero attached hydrogens (tertiary/aromatic N) is 1. The van der Waals surface area contributed by atoms with E-state index in [1.807, 2.05) is 30.3 Å². The number of hydrogen-bond donors (Lipinski definition) is 1. The van der Waals surface area contributed by atoms with E-state index in [9.17, 15) is 18.4 Å². The molecule has 1 heterocycles. The SMILES string of the molecule is C[C@@H](OC(=O)c1cc(F)cc(F)c1)C(=O)Nc1nc(-c2ccccc2)cs1. The van der Waals surface area contributed by atoms with E-state index in [-0.39, 0.29) is 5.56 Å². The van der Waals surface area contributed by atoms with E-state index in [0.717, 1.165) is 17.7 Å². The molecule has 1 amide bonds. The average molecular weight is 388 g/mol. The summed E-state index contributed by atoms with van der Waals surface area (Å²) in [6, 6.07) is 11.7. The molecular formula is C19H14F2N2O3S. The maximum atomic E-state index is 13.2. The van der Waals surface area contributed by atoms with Crippen LogP contribution in [0.25, 0.3) is 11.3 Å². The van der Waals surface area contributed by atoms with Crippen LogP contribution in [0.4, 0.5) is 13.9 Å². The molecule has 0 unspecified atom stereocenters. The van der Waals surface area contributed by atoms with Gasteiger partial charge in [0.2, 0.25) is 0 Å². The van der Waals surface area contributed by atoms with Crippen LogP contribution in [0.3, 0.4) is 0 Å². The zero-order chi connectivity index (χ0) is 19.4. The van der Waals surface area contributed by atoms with E-state index in [0.29, 0.717) is 16.9 Å². The highest BCUT2D eigenvalue weighted by Gasteiger charge is 2.21. The Morgan fingerprint density at radius 2 is 1.78 bits per heavy atom. The fraction of sp³-hybridized carbons (Fsp3) is 0.105. The second-order valence-corrected chi connectivity index (χ2v) is 6.46. The first-order valence-electron chi connectivity index (χ1n) is 7.91. The van der Waals surface area contributed by atoms with Crippen molar-refractivity contribution in [3.63, 3.8) is 0 Å². The molecule has 0 saturated heterocycles. The summed E-state index contributed by atoms with van der Waals surface area (Å²) in [5.74, 6) is -3.42. The second kappa shape index (κ2) is 8.05. The molecule has 3 rings (SSSR count). The number of rotatable bonds is 5. The topological polar surface area (TPSA) is 68.3 Å². The minimum absolute atomic E-state index is 0.312. The van der Waals surface area contributed by atoms with Gasteiger partial charge in [-0.15, -0.1) is 11.3 Å². The zero-order valence-corrected chi connectivity index (χ0v) is 14.9. The van der Waals surface area contributed by atoms with E-state index in [1.165, 1.54) is 18.3 Å². The third-order valence-corrected chi connectivity index (χ3v) is 4.31. The van der Waals surface area contributed by atoms with Crippen LogP contribution in [-0.4, -0.2) is 23.0 Å². The Labute approximate surface area is 157 Å². The van der Waals surface area contributed by atoms with E-state index in [4.69, 9.17) is 4.74 Å². The van der Waals surface area contributed by atoms with E-state index in [1.54, 1.807) is 5.38 Å². The number of halogens is 2. The van der Waals surface area contributed by atoms with Gasteiger partial charge in [-0.3, -0.25) is 10.1 Å². The highest BCUT2D eigenvalue weighted by atomic mass is 32.1. The molecule has 0 fully saturated rings. The number of benzene rings is 2. The molecule has 1 aromatic heterocycles. The number of hydrogen-bond acceptors (Lipinski definition) is 5. The van der Waals surface area contributed by atoms with Crippen molar-refractivity contribution < 1.29 is 23.1 Å². The van der Waals surface area contributed by atoms with Crippen molar-refractivity contribution in [1.29, 1.82) is 0 Å². The first-order valence-corrected chi connectivity index (χ1v) is 8.79. The molecule has 0 radical (unpaired) electrons. The van der Waals surface area contributed by atoms with Gasteiger partial charge in [-0.1, -0.05) is 30.3 Å². The van der Waals surface area contributed by atoms with Gasteiger partial charge in [-0.2, -0.15) is 0 Å². The standard InChI is InChI=1S/C19H14F2N2O3S/c1-11(26-18(25)13-7-14(20)9-15(21)8-13)17(24)23-19-22-16(10-27-19)12-5-3-2-4-6-12/h2-11H,1H3,(H,22,23,24)/t11-/m1/s1. The smallest absolute Gasteiger partial charge is 0.339 e. The van der Waals surface area contributed by atoms with Crippen molar-refractivity contribution in [3.05, 3.63) is 71.1 Å². The predicted molar refractivity (Wildman–Crippen MR) is 97.4 cm³/mol. The van der Waals surface area contributed by atoms with Crippen LogP contribution in [-0.2, 0) is 9.53 Å². The number of aromatic nitrogens is 1. The highest BCUT2D eigenvalue weighted by molar-refractivity contribution is 7.14. The summed E-state index contributed by atoms with van der Waals surface area (Å²) in [4.78, 5) is 28.5. The maximum absolute atomic E-state index is 13.2. The molecule has 1 atom stereocenters. The van der Waals surface area contributed by atoms with Crippen molar-refractivity contribution in [2.45, 2.75) is 13.0 Å². The fourth-order valence-electron chi connectivity index (χ4n) is 2.23. The van der Waals surface area contributed by atoms with Crippen molar-refractivity contribution in [1.82, 2.24) is 4.98 Å². The van der Waals surface area contributed by atoms with Gasteiger partial charge in [0.25, 0.3) is 5.91 Å². The van der Waals surface area contributed by atoms with Gasteiger partial charge in [0.15, 0.2) is 11.2 Å². The lowest BCUT2D eigenvalue weighted by molar-refractivity contribution is -0.123. The number of ether oxygens (including phenoxy) is 1. The Morgan fingerprint density at radius 1 is 1.11 bits per heavy atom. The molecule has 27 heavy (non-hydrogen) atoms. The summed E-state index contributed by atoms with van der Waals surface area (Å²) in [6.45, 7) is 1.36. The van der Waals surface area contributed by atoms with Crippen LogP contribution in [0.2, 0.25) is 0 Å². The molecule has 138 valence electrons. The Hall–Kier alpha value is -3.13. The van der Waals surface area contributed by atoms with Gasteiger partial charge in [-0.25, -0.2) is 18.6 Å². The average Bonchev–Trinajstić information content (AvgIpc) is 3.10. The molecule has 3 aromatic rings. The summed E-state index contributed by atoms with van der Waals surface area (Å²) in [7, 11) is 0. The predicted octanol–water partition coefficient (Wildman–Crippen LogP) is 4.27. The summed E-state index contributed by atoms with van der Waals surface area (Å²) >= 11 is 1.23. The molecular weight excluding hydrogens is 374 g/mol. The lowest BCUT2D eigenvalue weighted by Crippen LogP contribution is -2.30. The first-order chi connectivity index (χ1) is 12.9. The van der Waals surface area contributed by atoms with Crippen LogP contribution >= 0.6 is 11.3 Å². The van der Waals surface area contributed by atoms with Crippen LogP contribution in [0.5, 0.6) is 0 Å². The summed E-state index contributed by atoms with van der Waals surface area (Å²) in [5, 5.41) is 4.69. The minimum atomic E-state index is -1.17. The minimum Gasteiger partial charge on any atom is -0.449 e. The zero-order valence-electron chi connectivity index (χ0n) is 14.1. The molecule has 5 nitrogen and oxygen atoms in total. The molecule has 0 aliphatic carbocycles. The fourth-order valence-corrected chi connectivity index (χ4v) is 2.96. The number of amides is 1. The number of thiazole rings is 1. The first kappa shape index (κ1) is 18.7. The number of nitrogens with one attached hydrogen (secondary N) is 1. The highest BCUT2D eigenvalue weighted by Crippen LogP contribution is 2.24. The normalized spacial score (nSPS) is 11.7. The van der Waals surface area contributed by atoms with Crippen LogP contribution in [0.1, 0.15) is 17.3 Å². The van der Waals surface area contributed by atoms with Crippen LogP contribution < -0.4 is 5.32 Å². The Kier molecular flexibility index (Phi) is 5.56. The van der Waals surface area contributed by atoms with Crippen LogP contribution in [0.15, 0.2) is 53.9 Å². The lowest BCUT2D eigenvalue weighted by Gasteiger charge is -2.12. The van der Waals surface area contributed by atoms with Crippen molar-refractivity contribution in [2.75, 3.05) is 5.32 Å². The summed E-state index contributed by atoms with van der Waals surface area (Å²) in [5.41, 5.74) is 1.30. The van der Waals surface area contributed by atoms with E-state index >= 15 is 0 Å². The number of anilines is 1. The summed E-state index contributed by atoms with van der Waals surface area (Å²) < 4.78 is 31.3. The lowest BCUT2D eigenvalue weighted by atomic mass is 10.2. The molecule has 8 heteroatoms. The molecule has 0 saturated carbocycles. The Balaban J connectivity index is 1.62. The Bertz CT molecular complexity index is 956. The number of carbonyl (C=O) groups excluding carboxylic acids is 2. The monoisotopic (exact) mass is 388 g/mol. The third kappa shape index (κ3) is 4.73. The van der Waals surface area contributed by atoms with Crippen LogP contribution in [0, 0.1) is 11.6 Å². The van der Waals surface area contributed by atoms with Gasteiger partial charge >= 0.3 is 5.97 Å². The largest absolute Gasteiger partial charge is 0.449 e. The number of carbonyl (C=O) groups is 2. The molecule has 0 spiro atoms. The van der Waals surface area contributed by atoms with Gasteiger partial charge in [-0.05, 0) is 19.1 Å². The molecule has 1 N–H and O–H groups in total. The van der Waals surface area contributed by atoms with Gasteiger partial charge in [0.1, 0.15) is 11.6 Å². The Morgan fingerprint density at radius 3 is 2.44 bits per heavy atom. The van der Waals surface area contributed by atoms with Crippen molar-refractivity contribution in [2.24, 2.45) is 0 Å². The third-order valence-electron chi connectivity index (χ3n) is 3.56. The van der Waals surface area contributed by atoms with Gasteiger partial charge < -0.3 is 4.74 Å². The molecule has 0 aliphatic rings. The van der Waals surface area contributed by atoms with Crippen molar-refractivity contribution in [3.8, 4) is 11.3 Å². The molecule has 0 aliphatic heterocycles. The molecule has 2 aromatic carbocycles. The van der Waals surface area contributed by atoms with E-state index < -0.39 is 29.6 Å².